The minimum atomic E-state index is 0.225. The first kappa shape index (κ1) is 10.9. The number of amidine groups is 1. The molecule has 0 radical (unpaired) electrons. The van der Waals surface area contributed by atoms with Crippen LogP contribution in [0.3, 0.4) is 0 Å². The lowest BCUT2D eigenvalue weighted by atomic mass is 9.97. The first-order valence-electron chi connectivity index (χ1n) is 4.35. The highest BCUT2D eigenvalue weighted by Crippen LogP contribution is 2.20. The number of nitrogens with zero attached hydrogens (tertiary/aromatic N) is 1. The first-order valence-corrected chi connectivity index (χ1v) is 4.73. The van der Waals surface area contributed by atoms with E-state index < -0.39 is 0 Å². The fourth-order valence-corrected chi connectivity index (χ4v) is 1.39. The van der Waals surface area contributed by atoms with E-state index >= 15 is 0 Å². The first-order chi connectivity index (χ1) is 6.63. The molecule has 1 rings (SSSR count). The van der Waals surface area contributed by atoms with Gasteiger partial charge < -0.3 is 10.9 Å². The Morgan fingerprint density at radius 1 is 1.50 bits per heavy atom. The molecule has 0 saturated heterocycles. The number of oxime groups is 1. The molecule has 0 fully saturated rings. The van der Waals surface area contributed by atoms with Gasteiger partial charge in [0.1, 0.15) is 5.84 Å². The monoisotopic (exact) mass is 212 g/mol. The zero-order chi connectivity index (χ0) is 10.6. The van der Waals surface area contributed by atoms with E-state index in [2.05, 4.69) is 5.16 Å². The standard InChI is InChI=1S/C10H13ClN2O/c1-7(6-10(12)13-14)8-2-4-9(11)5-3-8/h2-5,7,14H,6H2,1H3,(H2,12,13)/t7-/m1/s1. The Labute approximate surface area is 88.2 Å². The van der Waals surface area contributed by atoms with Gasteiger partial charge in [-0.15, -0.1) is 0 Å². The van der Waals surface area contributed by atoms with Crippen molar-refractivity contribution in [3.8, 4) is 0 Å². The van der Waals surface area contributed by atoms with Gasteiger partial charge in [0.15, 0.2) is 0 Å². The normalized spacial score (nSPS) is 14.0. The Bertz CT molecular complexity index is 321. The van der Waals surface area contributed by atoms with Crippen LogP contribution in [0.5, 0.6) is 0 Å². The van der Waals surface area contributed by atoms with Gasteiger partial charge in [0, 0.05) is 11.4 Å². The largest absolute Gasteiger partial charge is 0.409 e. The highest BCUT2D eigenvalue weighted by molar-refractivity contribution is 6.30. The van der Waals surface area contributed by atoms with E-state index in [1.165, 1.54) is 0 Å². The summed E-state index contributed by atoms with van der Waals surface area (Å²) in [6, 6.07) is 7.55. The smallest absolute Gasteiger partial charge is 0.139 e. The number of rotatable bonds is 3. The van der Waals surface area contributed by atoms with Gasteiger partial charge in [0.05, 0.1) is 0 Å². The molecule has 76 valence electrons. The van der Waals surface area contributed by atoms with Crippen LogP contribution < -0.4 is 5.73 Å². The molecule has 1 aromatic carbocycles. The van der Waals surface area contributed by atoms with Crippen LogP contribution in [0.4, 0.5) is 0 Å². The van der Waals surface area contributed by atoms with Crippen molar-refractivity contribution in [3.05, 3.63) is 34.9 Å². The van der Waals surface area contributed by atoms with Gasteiger partial charge in [0.2, 0.25) is 0 Å². The lowest BCUT2D eigenvalue weighted by Crippen LogP contribution is -2.14. The second-order valence-electron chi connectivity index (χ2n) is 3.25. The number of benzene rings is 1. The van der Waals surface area contributed by atoms with Crippen LogP contribution in [0, 0.1) is 0 Å². The molecule has 4 heteroatoms. The molecule has 0 aliphatic heterocycles. The molecule has 0 bridgehead atoms. The highest BCUT2D eigenvalue weighted by atomic mass is 35.5. The van der Waals surface area contributed by atoms with Gasteiger partial charge >= 0.3 is 0 Å². The van der Waals surface area contributed by atoms with E-state index in [0.717, 1.165) is 5.56 Å². The van der Waals surface area contributed by atoms with Crippen LogP contribution in [0.25, 0.3) is 0 Å². The van der Waals surface area contributed by atoms with E-state index in [-0.39, 0.29) is 11.8 Å². The molecule has 0 unspecified atom stereocenters. The van der Waals surface area contributed by atoms with Gasteiger partial charge in [-0.05, 0) is 23.6 Å². The molecule has 0 amide bonds. The van der Waals surface area contributed by atoms with Crippen LogP contribution in [0.15, 0.2) is 29.4 Å². The second kappa shape index (κ2) is 4.86. The minimum absolute atomic E-state index is 0.225. The summed E-state index contributed by atoms with van der Waals surface area (Å²) in [5, 5.41) is 12.1. The van der Waals surface area contributed by atoms with Crippen molar-refractivity contribution in [2.45, 2.75) is 19.3 Å². The van der Waals surface area contributed by atoms with Crippen molar-refractivity contribution in [3.63, 3.8) is 0 Å². The average molecular weight is 213 g/mol. The molecule has 0 heterocycles. The van der Waals surface area contributed by atoms with Gasteiger partial charge in [-0.2, -0.15) is 0 Å². The number of halogens is 1. The van der Waals surface area contributed by atoms with E-state index in [4.69, 9.17) is 22.5 Å². The predicted molar refractivity (Wildman–Crippen MR) is 57.9 cm³/mol. The summed E-state index contributed by atoms with van der Waals surface area (Å²) in [6.07, 6.45) is 0.540. The van der Waals surface area contributed by atoms with Crippen molar-refractivity contribution in [2.24, 2.45) is 10.9 Å². The molecule has 0 aliphatic carbocycles. The molecule has 3 nitrogen and oxygen atoms in total. The van der Waals surface area contributed by atoms with Crippen LogP contribution in [-0.4, -0.2) is 11.0 Å². The number of hydrogen-bond acceptors (Lipinski definition) is 2. The maximum atomic E-state index is 8.42. The van der Waals surface area contributed by atoms with Crippen LogP contribution in [-0.2, 0) is 0 Å². The molecule has 0 aromatic heterocycles. The molecule has 14 heavy (non-hydrogen) atoms. The third-order valence-electron chi connectivity index (χ3n) is 2.08. The fraction of sp³-hybridized carbons (Fsp3) is 0.300. The Balaban J connectivity index is 2.70. The molecule has 0 aliphatic rings. The third kappa shape index (κ3) is 2.92. The number of hydrogen-bond donors (Lipinski definition) is 2. The molecular weight excluding hydrogens is 200 g/mol. The molecular formula is C10H13ClN2O. The van der Waals surface area contributed by atoms with Crippen LogP contribution >= 0.6 is 11.6 Å². The van der Waals surface area contributed by atoms with Crippen LogP contribution in [0.2, 0.25) is 5.02 Å². The van der Waals surface area contributed by atoms with Crippen molar-refractivity contribution < 1.29 is 5.21 Å². The SMILES string of the molecule is C[C@H](CC(N)=NO)c1ccc(Cl)cc1. The fourth-order valence-electron chi connectivity index (χ4n) is 1.26. The summed E-state index contributed by atoms with van der Waals surface area (Å²) in [5.74, 6) is 0.468. The summed E-state index contributed by atoms with van der Waals surface area (Å²) in [6.45, 7) is 2.02. The maximum Gasteiger partial charge on any atom is 0.139 e. The predicted octanol–water partition coefficient (Wildman–Crippen LogP) is 2.58. The summed E-state index contributed by atoms with van der Waals surface area (Å²) >= 11 is 5.76. The number of nitrogens with two attached hydrogens (primary N) is 1. The lowest BCUT2D eigenvalue weighted by molar-refractivity contribution is 0.316. The average Bonchev–Trinajstić information content (AvgIpc) is 2.18. The topological polar surface area (TPSA) is 58.6 Å². The van der Waals surface area contributed by atoms with E-state index in [1.807, 2.05) is 31.2 Å². The third-order valence-corrected chi connectivity index (χ3v) is 2.33. The van der Waals surface area contributed by atoms with Crippen molar-refractivity contribution in [1.82, 2.24) is 0 Å². The van der Waals surface area contributed by atoms with Gasteiger partial charge in [0.25, 0.3) is 0 Å². The zero-order valence-corrected chi connectivity index (χ0v) is 8.70. The van der Waals surface area contributed by atoms with E-state index in [1.54, 1.807) is 0 Å². The van der Waals surface area contributed by atoms with Crippen LogP contribution in [0.1, 0.15) is 24.8 Å². The Hall–Kier alpha value is -1.22. The quantitative estimate of drug-likeness (QED) is 0.350. The molecule has 0 saturated carbocycles. The summed E-state index contributed by atoms with van der Waals surface area (Å²) in [5.41, 5.74) is 6.54. The lowest BCUT2D eigenvalue weighted by Gasteiger charge is -2.10. The Morgan fingerprint density at radius 2 is 2.07 bits per heavy atom. The van der Waals surface area contributed by atoms with Gasteiger partial charge in [-0.3, -0.25) is 0 Å². The molecule has 1 atom stereocenters. The molecule has 3 N–H and O–H groups in total. The molecule has 1 aromatic rings. The van der Waals surface area contributed by atoms with Gasteiger partial charge in [-0.25, -0.2) is 0 Å². The minimum Gasteiger partial charge on any atom is -0.409 e. The summed E-state index contributed by atoms with van der Waals surface area (Å²) in [4.78, 5) is 0. The Kier molecular flexibility index (Phi) is 3.77. The molecule has 0 spiro atoms. The van der Waals surface area contributed by atoms with E-state index in [9.17, 15) is 0 Å². The zero-order valence-electron chi connectivity index (χ0n) is 7.94. The van der Waals surface area contributed by atoms with Gasteiger partial charge in [-0.1, -0.05) is 35.8 Å². The van der Waals surface area contributed by atoms with Crippen molar-refractivity contribution in [2.75, 3.05) is 0 Å². The maximum absolute atomic E-state index is 8.42. The highest BCUT2D eigenvalue weighted by Gasteiger charge is 2.07. The van der Waals surface area contributed by atoms with Crippen molar-refractivity contribution in [1.29, 1.82) is 0 Å². The second-order valence-corrected chi connectivity index (χ2v) is 3.68. The summed E-state index contributed by atoms with van der Waals surface area (Å²) in [7, 11) is 0. The Morgan fingerprint density at radius 3 is 2.57 bits per heavy atom. The van der Waals surface area contributed by atoms with Crippen molar-refractivity contribution >= 4 is 17.4 Å². The summed E-state index contributed by atoms with van der Waals surface area (Å²) < 4.78 is 0. The van der Waals surface area contributed by atoms with E-state index in [0.29, 0.717) is 11.4 Å².